The van der Waals surface area contributed by atoms with E-state index in [1.807, 2.05) is 0 Å². The van der Waals surface area contributed by atoms with Crippen molar-refractivity contribution in [1.29, 1.82) is 0 Å². The van der Waals surface area contributed by atoms with Gasteiger partial charge in [0.15, 0.2) is 0 Å². The van der Waals surface area contributed by atoms with Crippen molar-refractivity contribution in [3.05, 3.63) is 0 Å². The Morgan fingerprint density at radius 2 is 2.00 bits per heavy atom. The van der Waals surface area contributed by atoms with E-state index in [1.165, 1.54) is 38.6 Å². The third-order valence-electron chi connectivity index (χ3n) is 2.83. The standard InChI is InChI=1S/C8H15N/c1-2-6-9-8-5-4-7(8)3-1/h7-9H,1-6H2/t7-,8+/m1/s1. The van der Waals surface area contributed by atoms with Gasteiger partial charge in [-0.15, -0.1) is 0 Å². The highest BCUT2D eigenvalue weighted by Gasteiger charge is 2.30. The quantitative estimate of drug-likeness (QED) is 0.518. The minimum absolute atomic E-state index is 0.924. The van der Waals surface area contributed by atoms with Gasteiger partial charge in [0.2, 0.25) is 0 Å². The molecule has 0 bridgehead atoms. The highest BCUT2D eigenvalue weighted by molar-refractivity contribution is 4.88. The lowest BCUT2D eigenvalue weighted by atomic mass is 9.77. The Labute approximate surface area is 56.8 Å². The molecule has 0 spiro atoms. The molecule has 1 aliphatic carbocycles. The normalized spacial score (nSPS) is 42.7. The van der Waals surface area contributed by atoms with Crippen molar-refractivity contribution in [1.82, 2.24) is 5.32 Å². The predicted molar refractivity (Wildman–Crippen MR) is 38.4 cm³/mol. The average molecular weight is 125 g/mol. The van der Waals surface area contributed by atoms with Gasteiger partial charge in [-0.25, -0.2) is 0 Å². The molecule has 0 aromatic rings. The van der Waals surface area contributed by atoms with E-state index in [2.05, 4.69) is 5.32 Å². The van der Waals surface area contributed by atoms with E-state index >= 15 is 0 Å². The van der Waals surface area contributed by atoms with Crippen molar-refractivity contribution in [3.63, 3.8) is 0 Å². The van der Waals surface area contributed by atoms with Crippen LogP contribution in [0.25, 0.3) is 0 Å². The molecule has 0 aromatic carbocycles. The third-order valence-corrected chi connectivity index (χ3v) is 2.83. The van der Waals surface area contributed by atoms with E-state index in [1.54, 1.807) is 0 Å². The molecule has 1 saturated carbocycles. The number of hydrogen-bond donors (Lipinski definition) is 1. The Morgan fingerprint density at radius 3 is 2.78 bits per heavy atom. The van der Waals surface area contributed by atoms with Crippen LogP contribution in [0.15, 0.2) is 0 Å². The first-order valence-corrected chi connectivity index (χ1v) is 4.20. The third kappa shape index (κ3) is 0.983. The van der Waals surface area contributed by atoms with Gasteiger partial charge in [-0.1, -0.05) is 6.42 Å². The van der Waals surface area contributed by atoms with Gasteiger partial charge >= 0.3 is 0 Å². The fourth-order valence-corrected chi connectivity index (χ4v) is 2.00. The zero-order valence-electron chi connectivity index (χ0n) is 5.90. The summed E-state index contributed by atoms with van der Waals surface area (Å²) in [6, 6.07) is 0.924. The van der Waals surface area contributed by atoms with Crippen LogP contribution in [-0.2, 0) is 0 Å². The molecular weight excluding hydrogens is 110 g/mol. The fourth-order valence-electron chi connectivity index (χ4n) is 2.00. The molecule has 0 amide bonds. The molecule has 1 heterocycles. The largest absolute Gasteiger partial charge is 0.314 e. The van der Waals surface area contributed by atoms with Crippen LogP contribution in [0.5, 0.6) is 0 Å². The van der Waals surface area contributed by atoms with E-state index in [0.29, 0.717) is 0 Å². The SMILES string of the molecule is C1CC[C@@H]2CC[C@@H]2NC1. The molecular formula is C8H15N. The smallest absolute Gasteiger partial charge is 0.00954 e. The van der Waals surface area contributed by atoms with Gasteiger partial charge in [0.05, 0.1) is 0 Å². The maximum atomic E-state index is 3.58. The molecule has 9 heavy (non-hydrogen) atoms. The highest BCUT2D eigenvalue weighted by atomic mass is 14.9. The van der Waals surface area contributed by atoms with Crippen LogP contribution in [-0.4, -0.2) is 12.6 Å². The molecule has 1 saturated heterocycles. The minimum Gasteiger partial charge on any atom is -0.314 e. The Kier molecular flexibility index (Phi) is 1.46. The van der Waals surface area contributed by atoms with Crippen LogP contribution in [0.4, 0.5) is 0 Å². The van der Waals surface area contributed by atoms with Crippen molar-refractivity contribution in [3.8, 4) is 0 Å². The van der Waals surface area contributed by atoms with Crippen LogP contribution < -0.4 is 5.32 Å². The number of fused-ring (bicyclic) bond motifs is 1. The van der Waals surface area contributed by atoms with Crippen LogP contribution in [0.1, 0.15) is 32.1 Å². The Morgan fingerprint density at radius 1 is 1.00 bits per heavy atom. The van der Waals surface area contributed by atoms with Gasteiger partial charge in [-0.2, -0.15) is 0 Å². The molecule has 2 fully saturated rings. The van der Waals surface area contributed by atoms with Crippen LogP contribution in [0, 0.1) is 5.92 Å². The second kappa shape index (κ2) is 2.30. The van der Waals surface area contributed by atoms with Crippen LogP contribution in [0.2, 0.25) is 0 Å². The van der Waals surface area contributed by atoms with Gasteiger partial charge < -0.3 is 5.32 Å². The van der Waals surface area contributed by atoms with Gasteiger partial charge in [-0.05, 0) is 38.1 Å². The molecule has 2 rings (SSSR count). The summed E-state index contributed by atoms with van der Waals surface area (Å²) in [5, 5.41) is 3.58. The fraction of sp³-hybridized carbons (Fsp3) is 1.00. The number of rotatable bonds is 0. The number of hydrogen-bond acceptors (Lipinski definition) is 1. The molecule has 1 nitrogen and oxygen atoms in total. The van der Waals surface area contributed by atoms with Crippen LogP contribution in [0.3, 0.4) is 0 Å². The minimum atomic E-state index is 0.924. The molecule has 1 heteroatoms. The van der Waals surface area contributed by atoms with Gasteiger partial charge in [-0.3, -0.25) is 0 Å². The van der Waals surface area contributed by atoms with Crippen molar-refractivity contribution < 1.29 is 0 Å². The zero-order valence-corrected chi connectivity index (χ0v) is 5.90. The van der Waals surface area contributed by atoms with Gasteiger partial charge in [0, 0.05) is 6.04 Å². The van der Waals surface area contributed by atoms with Crippen LogP contribution >= 0.6 is 0 Å². The van der Waals surface area contributed by atoms with Crippen molar-refractivity contribution in [2.45, 2.75) is 38.1 Å². The molecule has 2 atom stereocenters. The summed E-state index contributed by atoms with van der Waals surface area (Å²) in [7, 11) is 0. The van der Waals surface area contributed by atoms with E-state index < -0.39 is 0 Å². The topological polar surface area (TPSA) is 12.0 Å². The van der Waals surface area contributed by atoms with Gasteiger partial charge in [0.1, 0.15) is 0 Å². The summed E-state index contributed by atoms with van der Waals surface area (Å²) < 4.78 is 0. The summed E-state index contributed by atoms with van der Waals surface area (Å²) in [6.07, 6.45) is 7.32. The first kappa shape index (κ1) is 5.72. The predicted octanol–water partition coefficient (Wildman–Crippen LogP) is 1.54. The molecule has 1 N–H and O–H groups in total. The van der Waals surface area contributed by atoms with Gasteiger partial charge in [0.25, 0.3) is 0 Å². The Balaban J connectivity index is 1.90. The van der Waals surface area contributed by atoms with Crippen molar-refractivity contribution >= 4 is 0 Å². The molecule has 1 aliphatic heterocycles. The molecule has 52 valence electrons. The monoisotopic (exact) mass is 125 g/mol. The molecule has 0 radical (unpaired) electrons. The van der Waals surface area contributed by atoms with E-state index in [-0.39, 0.29) is 0 Å². The second-order valence-corrected chi connectivity index (χ2v) is 3.39. The maximum Gasteiger partial charge on any atom is 0.00954 e. The molecule has 2 aliphatic rings. The first-order valence-electron chi connectivity index (χ1n) is 4.20. The molecule has 0 aromatic heterocycles. The summed E-state index contributed by atoms with van der Waals surface area (Å²) in [5.41, 5.74) is 0. The lowest BCUT2D eigenvalue weighted by Gasteiger charge is -2.35. The lowest BCUT2D eigenvalue weighted by molar-refractivity contribution is 0.215. The maximum absolute atomic E-state index is 3.58. The lowest BCUT2D eigenvalue weighted by Crippen LogP contribution is -2.42. The first-order chi connectivity index (χ1) is 4.47. The second-order valence-electron chi connectivity index (χ2n) is 3.39. The molecule has 0 unspecified atom stereocenters. The summed E-state index contributed by atoms with van der Waals surface area (Å²) in [6.45, 7) is 1.28. The summed E-state index contributed by atoms with van der Waals surface area (Å²) in [5.74, 6) is 1.06. The van der Waals surface area contributed by atoms with E-state index in [9.17, 15) is 0 Å². The summed E-state index contributed by atoms with van der Waals surface area (Å²) >= 11 is 0. The number of nitrogens with one attached hydrogen (secondary N) is 1. The zero-order chi connectivity index (χ0) is 6.10. The summed E-state index contributed by atoms with van der Waals surface area (Å²) in [4.78, 5) is 0. The Hall–Kier alpha value is -0.0400. The van der Waals surface area contributed by atoms with Crippen molar-refractivity contribution in [2.75, 3.05) is 6.54 Å². The van der Waals surface area contributed by atoms with Crippen molar-refractivity contribution in [2.24, 2.45) is 5.92 Å². The average Bonchev–Trinajstić information content (AvgIpc) is 1.94. The Bertz CT molecular complexity index is 88.7. The van der Waals surface area contributed by atoms with E-state index in [0.717, 1.165) is 12.0 Å². The van der Waals surface area contributed by atoms with E-state index in [4.69, 9.17) is 0 Å². The highest BCUT2D eigenvalue weighted by Crippen LogP contribution is 2.33.